The number of ether oxygens (including phenoxy) is 2. The van der Waals surface area contributed by atoms with E-state index in [9.17, 15) is 43.5 Å². The van der Waals surface area contributed by atoms with Crippen LogP contribution in [0.2, 0.25) is 0 Å². The summed E-state index contributed by atoms with van der Waals surface area (Å²) in [5.41, 5.74) is -0.404. The minimum absolute atomic E-state index is 0.0376. The van der Waals surface area contributed by atoms with Crippen LogP contribution in [0.5, 0.6) is 0 Å². The van der Waals surface area contributed by atoms with Crippen molar-refractivity contribution in [1.29, 1.82) is 0 Å². The average Bonchev–Trinajstić information content (AvgIpc) is 3.21. The van der Waals surface area contributed by atoms with Gasteiger partial charge in [0.1, 0.15) is 18.2 Å². The van der Waals surface area contributed by atoms with Gasteiger partial charge in [-0.05, 0) is 11.5 Å². The molecule has 0 aromatic heterocycles. The van der Waals surface area contributed by atoms with Gasteiger partial charge in [0, 0.05) is 18.7 Å². The number of rotatable bonds is 13. The lowest BCUT2D eigenvalue weighted by Gasteiger charge is -2.35. The fraction of sp³-hybridized carbons (Fsp3) is 0.500. The van der Waals surface area contributed by atoms with Crippen LogP contribution in [0.4, 0.5) is 5.69 Å². The summed E-state index contributed by atoms with van der Waals surface area (Å²) in [6.45, 7) is 7.99. The normalized spacial score (nSPS) is 24.7. The highest BCUT2D eigenvalue weighted by Crippen LogP contribution is 2.66. The lowest BCUT2D eigenvalue weighted by Crippen LogP contribution is -2.44. The minimum Gasteiger partial charge on any atom is -0.390 e. The second-order valence-electron chi connectivity index (χ2n) is 10.7. The number of benzene rings is 1. The summed E-state index contributed by atoms with van der Waals surface area (Å²) in [7, 11) is -16.8. The Morgan fingerprint density at radius 1 is 1.16 bits per heavy atom. The molecule has 1 fully saturated rings. The number of carbonyl (C=O) groups excluding carboxylic acids is 1. The summed E-state index contributed by atoms with van der Waals surface area (Å²) >= 11 is 0. The van der Waals surface area contributed by atoms with E-state index >= 15 is 0 Å². The Hall–Kier alpha value is -2.34. The number of phosphoric acid groups is 3. The first-order valence-electron chi connectivity index (χ1n) is 12.5. The van der Waals surface area contributed by atoms with E-state index in [-0.39, 0.29) is 30.1 Å². The van der Waals surface area contributed by atoms with Crippen molar-refractivity contribution >= 4 is 35.1 Å². The standard InChI is InChI=1S/C22H32N3O16P3/c1-13-23-21(27)14(11-37-20(22(2,3)4)15-7-5-6-8-16(15)25(28)29)10-24(13)19-9-17(26)18(39-19)12-38-43(33,34)41-44(35,36)40-42(30,31)32/h5-8,10,17-20,26H,1,9,11-12H2,2-4H3,(H,23,27)(H,33,34)(H,35,36)(H2,30,31,32)/t17-,18-,19-,20?/m1/s1. The van der Waals surface area contributed by atoms with Gasteiger partial charge < -0.3 is 44.4 Å². The highest BCUT2D eigenvalue weighted by atomic mass is 31.3. The molecule has 44 heavy (non-hydrogen) atoms. The maximum absolute atomic E-state index is 12.7. The number of phosphoric ester groups is 1. The summed E-state index contributed by atoms with van der Waals surface area (Å²) < 4.78 is 57.9. The van der Waals surface area contributed by atoms with Crippen LogP contribution in [-0.4, -0.2) is 72.1 Å². The van der Waals surface area contributed by atoms with E-state index in [1.54, 1.807) is 12.1 Å². The molecule has 6 N–H and O–H groups in total. The number of nitrogens with one attached hydrogen (secondary N) is 1. The molecule has 19 nitrogen and oxygen atoms in total. The molecule has 0 aliphatic carbocycles. The van der Waals surface area contributed by atoms with Crippen molar-refractivity contribution in [1.82, 2.24) is 10.2 Å². The van der Waals surface area contributed by atoms with Crippen LogP contribution in [0.25, 0.3) is 0 Å². The Morgan fingerprint density at radius 3 is 2.39 bits per heavy atom. The van der Waals surface area contributed by atoms with Crippen molar-refractivity contribution in [3.63, 3.8) is 0 Å². The van der Waals surface area contributed by atoms with E-state index in [0.29, 0.717) is 5.56 Å². The van der Waals surface area contributed by atoms with Gasteiger partial charge in [-0.15, -0.1) is 0 Å². The van der Waals surface area contributed by atoms with Crippen LogP contribution in [0.3, 0.4) is 0 Å². The van der Waals surface area contributed by atoms with Gasteiger partial charge in [-0.3, -0.25) is 19.4 Å². The Morgan fingerprint density at radius 2 is 1.80 bits per heavy atom. The summed E-state index contributed by atoms with van der Waals surface area (Å²) in [5.74, 6) is -0.542. The third-order valence-electron chi connectivity index (χ3n) is 6.10. The second kappa shape index (κ2) is 13.6. The molecular formula is C22H32N3O16P3. The number of carbonyl (C=O) groups is 1. The summed E-state index contributed by atoms with van der Waals surface area (Å²) in [6, 6.07) is 6.06. The largest absolute Gasteiger partial charge is 0.490 e. The molecule has 22 heteroatoms. The Bertz CT molecular complexity index is 1460. The molecule has 3 unspecified atom stereocenters. The molecule has 6 atom stereocenters. The molecule has 0 spiro atoms. The second-order valence-corrected chi connectivity index (χ2v) is 15.1. The van der Waals surface area contributed by atoms with Crippen LogP contribution in [0.1, 0.15) is 38.9 Å². The number of nitro groups is 1. The number of aliphatic hydroxyl groups is 1. The number of amides is 1. The predicted molar refractivity (Wildman–Crippen MR) is 148 cm³/mol. The van der Waals surface area contributed by atoms with Gasteiger partial charge >= 0.3 is 23.5 Å². The van der Waals surface area contributed by atoms with Crippen molar-refractivity contribution in [2.45, 2.75) is 51.7 Å². The molecule has 0 radical (unpaired) electrons. The molecule has 3 rings (SSSR count). The maximum Gasteiger partial charge on any atom is 0.490 e. The maximum atomic E-state index is 12.7. The first kappa shape index (κ1) is 36.1. The minimum atomic E-state index is -5.74. The third-order valence-corrected chi connectivity index (χ3v) is 9.90. The van der Waals surface area contributed by atoms with E-state index in [2.05, 4.69) is 25.0 Å². The van der Waals surface area contributed by atoms with Crippen LogP contribution < -0.4 is 5.32 Å². The number of hydrogen-bond acceptors (Lipinski definition) is 13. The average molecular weight is 687 g/mol. The van der Waals surface area contributed by atoms with Crippen molar-refractivity contribution in [3.05, 3.63) is 64.1 Å². The highest BCUT2D eigenvalue weighted by Gasteiger charge is 2.44. The Kier molecular flexibility index (Phi) is 11.1. The highest BCUT2D eigenvalue weighted by molar-refractivity contribution is 7.66. The first-order chi connectivity index (χ1) is 20.1. The summed E-state index contributed by atoms with van der Waals surface area (Å²) in [6.07, 6.45) is -3.30. The number of nitro benzene ring substituents is 1. The Balaban J connectivity index is 1.71. The van der Waals surface area contributed by atoms with Crippen molar-refractivity contribution in [2.75, 3.05) is 13.2 Å². The number of aliphatic hydroxyl groups excluding tert-OH is 1. The monoisotopic (exact) mass is 687 g/mol. The van der Waals surface area contributed by atoms with E-state index < -0.39 is 70.9 Å². The molecular weight excluding hydrogens is 655 g/mol. The number of para-hydroxylation sites is 1. The fourth-order valence-electron chi connectivity index (χ4n) is 4.30. The van der Waals surface area contributed by atoms with E-state index in [1.807, 2.05) is 20.8 Å². The molecule has 2 aliphatic rings. The zero-order chi connectivity index (χ0) is 33.3. The van der Waals surface area contributed by atoms with Crippen molar-refractivity contribution in [2.24, 2.45) is 5.41 Å². The van der Waals surface area contributed by atoms with E-state index in [4.69, 9.17) is 19.3 Å². The van der Waals surface area contributed by atoms with Gasteiger partial charge in [0.05, 0.1) is 41.5 Å². The molecule has 0 saturated carbocycles. The number of hydrogen-bond donors (Lipinski definition) is 6. The van der Waals surface area contributed by atoms with Gasteiger partial charge in [-0.2, -0.15) is 8.62 Å². The topological polar surface area (TPSA) is 274 Å². The lowest BCUT2D eigenvalue weighted by molar-refractivity contribution is -0.386. The van der Waals surface area contributed by atoms with Crippen LogP contribution in [-0.2, 0) is 41.1 Å². The van der Waals surface area contributed by atoms with Crippen molar-refractivity contribution < 1.29 is 70.7 Å². The predicted octanol–water partition coefficient (Wildman–Crippen LogP) is 2.30. The van der Waals surface area contributed by atoms with Gasteiger partial charge in [0.25, 0.3) is 11.6 Å². The quantitative estimate of drug-likeness (QED) is 0.0986. The SMILES string of the molecule is C=C1NC(=O)C(COC(c2ccccc2[N+](=O)[O-])C(C)(C)C)=CN1[C@H]1C[C@@H](O)[C@@H](COP(=O)(O)OP(=O)(O)OP(=O)(O)O)O1. The molecule has 2 heterocycles. The van der Waals surface area contributed by atoms with Crippen molar-refractivity contribution in [3.8, 4) is 0 Å². The first-order valence-corrected chi connectivity index (χ1v) is 17.1. The molecule has 2 aliphatic heterocycles. The molecule has 1 saturated heterocycles. The molecule has 1 amide bonds. The van der Waals surface area contributed by atoms with E-state index in [0.717, 1.165) is 0 Å². The smallest absolute Gasteiger partial charge is 0.390 e. The van der Waals surface area contributed by atoms with Gasteiger partial charge in [-0.1, -0.05) is 39.5 Å². The van der Waals surface area contributed by atoms with Crippen LogP contribution >= 0.6 is 23.5 Å². The molecule has 246 valence electrons. The Labute approximate surface area is 250 Å². The molecule has 1 aromatic rings. The van der Waals surface area contributed by atoms with Crippen LogP contribution in [0, 0.1) is 15.5 Å². The molecule has 1 aromatic carbocycles. The van der Waals surface area contributed by atoms with Crippen LogP contribution in [0.15, 0.2) is 48.4 Å². The summed E-state index contributed by atoms with van der Waals surface area (Å²) in [4.78, 5) is 61.4. The number of nitrogens with zero attached hydrogens (tertiary/aromatic N) is 2. The molecule has 0 bridgehead atoms. The zero-order valence-electron chi connectivity index (χ0n) is 23.5. The fourth-order valence-corrected chi connectivity index (χ4v) is 7.33. The third kappa shape index (κ3) is 9.83. The van der Waals surface area contributed by atoms with E-state index in [1.165, 1.54) is 23.2 Å². The van der Waals surface area contributed by atoms with Gasteiger partial charge in [-0.25, -0.2) is 13.7 Å². The zero-order valence-corrected chi connectivity index (χ0v) is 26.2. The summed E-state index contributed by atoms with van der Waals surface area (Å²) in [5, 5.41) is 24.6. The van der Waals surface area contributed by atoms with Gasteiger partial charge in [0.2, 0.25) is 0 Å². The lowest BCUT2D eigenvalue weighted by atomic mass is 9.84. The van der Waals surface area contributed by atoms with Gasteiger partial charge in [0.15, 0.2) is 0 Å².